The van der Waals surface area contributed by atoms with Crippen molar-refractivity contribution in [2.45, 2.75) is 6.42 Å². The Labute approximate surface area is 83.5 Å². The van der Waals surface area contributed by atoms with Crippen LogP contribution in [0, 0.1) is 0 Å². The molecule has 6 N–H and O–H groups in total. The maximum atomic E-state index is 5.35. The molecule has 0 radical (unpaired) electrons. The molecule has 0 aliphatic carbocycles. The monoisotopic (exact) mass is 199 g/mol. The summed E-state index contributed by atoms with van der Waals surface area (Å²) in [6.45, 7) is 5.15. The summed E-state index contributed by atoms with van der Waals surface area (Å²) in [5.74, 6) is -0.0313. The number of hydrogen-bond donors (Lipinski definition) is 3. The molecule has 0 aromatic carbocycles. The van der Waals surface area contributed by atoms with Gasteiger partial charge in [-0.25, -0.2) is 4.99 Å². The molecule has 0 unspecified atom stereocenters. The molecule has 0 bridgehead atoms. The summed E-state index contributed by atoms with van der Waals surface area (Å²) in [4.78, 5) is 7.40. The van der Waals surface area contributed by atoms with E-state index in [4.69, 9.17) is 21.9 Å². The third kappa shape index (κ3) is 8.54. The van der Waals surface area contributed by atoms with Gasteiger partial charge >= 0.3 is 0 Å². The van der Waals surface area contributed by atoms with Crippen molar-refractivity contribution in [3.8, 4) is 0 Å². The molecule has 0 fully saturated rings. The number of nitrogens with two attached hydrogens (primary N) is 3. The van der Waals surface area contributed by atoms with E-state index in [1.165, 1.54) is 0 Å². The molecule has 0 aliphatic heterocycles. The van der Waals surface area contributed by atoms with Crippen LogP contribution in [0.2, 0.25) is 0 Å². The third-order valence-electron chi connectivity index (χ3n) is 1.22. The van der Waals surface area contributed by atoms with Crippen LogP contribution in [0.5, 0.6) is 0 Å². The number of nitrogens with zero attached hydrogens (tertiary/aromatic N) is 2. The lowest BCUT2D eigenvalue weighted by Crippen LogP contribution is -2.26. The van der Waals surface area contributed by atoms with E-state index in [9.17, 15) is 0 Å². The van der Waals surface area contributed by atoms with E-state index in [0.29, 0.717) is 19.8 Å². The Kier molecular flexibility index (Phi) is 7.16. The minimum atomic E-state index is -0.0983. The first kappa shape index (κ1) is 12.4. The van der Waals surface area contributed by atoms with Crippen LogP contribution in [0.4, 0.5) is 0 Å². The Morgan fingerprint density at radius 1 is 1.29 bits per heavy atom. The van der Waals surface area contributed by atoms with E-state index >= 15 is 0 Å². The maximum Gasteiger partial charge on any atom is 0.218 e. The average Bonchev–Trinajstić information content (AvgIpc) is 2.10. The van der Waals surface area contributed by atoms with Gasteiger partial charge in [-0.05, 0) is 6.42 Å². The van der Waals surface area contributed by atoms with Crippen molar-refractivity contribution in [2.75, 3.05) is 19.8 Å². The molecule has 0 saturated heterocycles. The van der Waals surface area contributed by atoms with Crippen molar-refractivity contribution < 1.29 is 4.74 Å². The van der Waals surface area contributed by atoms with Crippen molar-refractivity contribution in [1.29, 1.82) is 0 Å². The standard InChI is InChI=1S/C8H17N5O/c1-2-3-5-14-6-4-12-8(11)13-7(9)10/h2H,1,3-6H2,(H6,9,10,11,12,13). The van der Waals surface area contributed by atoms with Gasteiger partial charge in [0.2, 0.25) is 5.96 Å². The smallest absolute Gasteiger partial charge is 0.218 e. The summed E-state index contributed by atoms with van der Waals surface area (Å²) in [5, 5.41) is 0. The topological polar surface area (TPSA) is 112 Å². The zero-order valence-electron chi connectivity index (χ0n) is 8.15. The molecule has 0 amide bonds. The van der Waals surface area contributed by atoms with Gasteiger partial charge < -0.3 is 21.9 Å². The van der Waals surface area contributed by atoms with Crippen LogP contribution in [0.1, 0.15) is 6.42 Å². The molecular formula is C8H17N5O. The molecule has 0 aromatic heterocycles. The first-order chi connectivity index (χ1) is 6.66. The largest absolute Gasteiger partial charge is 0.379 e. The maximum absolute atomic E-state index is 5.35. The Morgan fingerprint density at radius 3 is 2.57 bits per heavy atom. The van der Waals surface area contributed by atoms with Gasteiger partial charge in [0.1, 0.15) is 0 Å². The van der Waals surface area contributed by atoms with E-state index in [1.807, 2.05) is 0 Å². The van der Waals surface area contributed by atoms with Crippen LogP contribution in [0.25, 0.3) is 0 Å². The van der Waals surface area contributed by atoms with Crippen molar-refractivity contribution in [3.63, 3.8) is 0 Å². The molecule has 0 aliphatic rings. The highest BCUT2D eigenvalue weighted by atomic mass is 16.5. The minimum Gasteiger partial charge on any atom is -0.379 e. The van der Waals surface area contributed by atoms with Crippen molar-refractivity contribution in [1.82, 2.24) is 0 Å². The lowest BCUT2D eigenvalue weighted by molar-refractivity contribution is 0.146. The van der Waals surface area contributed by atoms with E-state index in [2.05, 4.69) is 16.6 Å². The Morgan fingerprint density at radius 2 is 2.00 bits per heavy atom. The van der Waals surface area contributed by atoms with Crippen LogP contribution >= 0.6 is 0 Å². The molecule has 0 aromatic rings. The number of rotatable bonds is 6. The Balaban J connectivity index is 3.51. The zero-order chi connectivity index (χ0) is 10.8. The minimum absolute atomic E-state index is 0.0670. The van der Waals surface area contributed by atoms with Crippen LogP contribution in [0.3, 0.4) is 0 Å². The van der Waals surface area contributed by atoms with Gasteiger partial charge in [-0.3, -0.25) is 0 Å². The highest BCUT2D eigenvalue weighted by Gasteiger charge is 1.89. The first-order valence-corrected chi connectivity index (χ1v) is 4.25. The summed E-state index contributed by atoms with van der Waals surface area (Å²) in [6, 6.07) is 0. The second kappa shape index (κ2) is 8.06. The second-order valence-electron chi connectivity index (χ2n) is 2.47. The number of guanidine groups is 2. The summed E-state index contributed by atoms with van der Waals surface area (Å²) >= 11 is 0. The Bertz CT molecular complexity index is 220. The zero-order valence-corrected chi connectivity index (χ0v) is 8.15. The van der Waals surface area contributed by atoms with Gasteiger partial charge in [0, 0.05) is 0 Å². The summed E-state index contributed by atoms with van der Waals surface area (Å²) in [6.07, 6.45) is 2.62. The fourth-order valence-corrected chi connectivity index (χ4v) is 0.661. The molecule has 14 heavy (non-hydrogen) atoms. The SMILES string of the molecule is C=CCCOCCN=C(N)N=C(N)N. The predicted molar refractivity (Wildman–Crippen MR) is 57.9 cm³/mol. The quantitative estimate of drug-likeness (QED) is 0.224. The van der Waals surface area contributed by atoms with E-state index in [-0.39, 0.29) is 11.9 Å². The molecule has 6 nitrogen and oxygen atoms in total. The fourth-order valence-electron chi connectivity index (χ4n) is 0.661. The lowest BCUT2D eigenvalue weighted by Gasteiger charge is -1.99. The highest BCUT2D eigenvalue weighted by Crippen LogP contribution is 1.83. The van der Waals surface area contributed by atoms with Crippen LogP contribution < -0.4 is 17.2 Å². The molecule has 80 valence electrons. The average molecular weight is 199 g/mol. The molecule has 6 heteroatoms. The summed E-state index contributed by atoms with van der Waals surface area (Å²) < 4.78 is 5.18. The second-order valence-corrected chi connectivity index (χ2v) is 2.47. The van der Waals surface area contributed by atoms with Gasteiger partial charge in [-0.2, -0.15) is 4.99 Å². The van der Waals surface area contributed by atoms with Crippen LogP contribution in [-0.4, -0.2) is 31.7 Å². The Hall–Kier alpha value is -1.56. The van der Waals surface area contributed by atoms with Gasteiger partial charge in [0.05, 0.1) is 19.8 Å². The van der Waals surface area contributed by atoms with Crippen LogP contribution in [0.15, 0.2) is 22.6 Å². The van der Waals surface area contributed by atoms with E-state index < -0.39 is 0 Å². The van der Waals surface area contributed by atoms with Crippen molar-refractivity contribution in [2.24, 2.45) is 27.2 Å². The van der Waals surface area contributed by atoms with Gasteiger partial charge in [0.15, 0.2) is 5.96 Å². The summed E-state index contributed by atoms with van der Waals surface area (Å²) in [7, 11) is 0. The van der Waals surface area contributed by atoms with Gasteiger partial charge in [0.25, 0.3) is 0 Å². The number of aliphatic imine (C=N–C) groups is 2. The fraction of sp³-hybridized carbons (Fsp3) is 0.500. The normalized spacial score (nSPS) is 11.0. The third-order valence-corrected chi connectivity index (χ3v) is 1.22. The van der Waals surface area contributed by atoms with E-state index in [0.717, 1.165) is 6.42 Å². The molecule has 0 atom stereocenters. The lowest BCUT2D eigenvalue weighted by atomic mass is 10.5. The molecule has 0 spiro atoms. The summed E-state index contributed by atoms with van der Waals surface area (Å²) in [5.41, 5.74) is 15.5. The van der Waals surface area contributed by atoms with Crippen LogP contribution in [-0.2, 0) is 4.74 Å². The molecule has 0 rings (SSSR count). The van der Waals surface area contributed by atoms with Crippen molar-refractivity contribution >= 4 is 11.9 Å². The predicted octanol–water partition coefficient (Wildman–Crippen LogP) is -0.833. The van der Waals surface area contributed by atoms with Gasteiger partial charge in [-0.15, -0.1) is 6.58 Å². The van der Waals surface area contributed by atoms with Gasteiger partial charge in [-0.1, -0.05) is 6.08 Å². The number of ether oxygens (including phenoxy) is 1. The first-order valence-electron chi connectivity index (χ1n) is 4.25. The van der Waals surface area contributed by atoms with E-state index in [1.54, 1.807) is 6.08 Å². The highest BCUT2D eigenvalue weighted by molar-refractivity contribution is 5.92. The van der Waals surface area contributed by atoms with Crippen molar-refractivity contribution in [3.05, 3.63) is 12.7 Å². The molecule has 0 saturated carbocycles. The number of hydrogen-bond acceptors (Lipinski definition) is 2. The molecule has 0 heterocycles. The molecular weight excluding hydrogens is 182 g/mol.